The Balaban J connectivity index is 2.50. The van der Waals surface area contributed by atoms with Crippen molar-refractivity contribution in [1.29, 1.82) is 0 Å². The van der Waals surface area contributed by atoms with Crippen LogP contribution in [-0.4, -0.2) is 28.6 Å². The average Bonchev–Trinajstić information content (AvgIpc) is 2.81. The number of hydrogen-bond acceptors (Lipinski definition) is 4. The maximum atomic E-state index is 12.8. The molecule has 0 radical (unpaired) electrons. The molecular weight excluding hydrogens is 327 g/mol. The predicted octanol–water partition coefficient (Wildman–Crippen LogP) is 2.37. The van der Waals surface area contributed by atoms with Gasteiger partial charge in [-0.3, -0.25) is 14.4 Å². The normalized spacial score (nSPS) is 11.4. The molecule has 0 aliphatic heterocycles. The van der Waals surface area contributed by atoms with Gasteiger partial charge in [-0.05, 0) is 32.0 Å². The summed E-state index contributed by atoms with van der Waals surface area (Å²) in [6.45, 7) is 2.98. The van der Waals surface area contributed by atoms with Crippen LogP contribution in [0.15, 0.2) is 24.3 Å². The van der Waals surface area contributed by atoms with Gasteiger partial charge in [-0.2, -0.15) is 18.3 Å². The topological polar surface area (TPSA) is 73.2 Å². The second-order valence-corrected chi connectivity index (χ2v) is 4.97. The number of ketones is 1. The number of nitrogens with one attached hydrogen (secondary N) is 1. The summed E-state index contributed by atoms with van der Waals surface area (Å²) >= 11 is 0. The molecule has 1 aromatic carbocycles. The maximum Gasteiger partial charge on any atom is 0.416 e. The second-order valence-electron chi connectivity index (χ2n) is 4.97. The summed E-state index contributed by atoms with van der Waals surface area (Å²) in [7, 11) is 1.18. The Morgan fingerprint density at radius 1 is 1.25 bits per heavy atom. The molecule has 0 saturated carbocycles. The van der Waals surface area contributed by atoms with Crippen molar-refractivity contribution in [2.75, 3.05) is 7.11 Å². The molecule has 0 aliphatic rings. The Labute approximate surface area is 135 Å². The van der Waals surface area contributed by atoms with Crippen LogP contribution in [0.4, 0.5) is 13.2 Å². The molecule has 0 fully saturated rings. The fourth-order valence-electron chi connectivity index (χ4n) is 2.29. The number of amides is 1. The van der Waals surface area contributed by atoms with E-state index >= 15 is 0 Å². The highest BCUT2D eigenvalue weighted by atomic mass is 19.4. The molecule has 0 bridgehead atoms. The van der Waals surface area contributed by atoms with Gasteiger partial charge in [0.25, 0.3) is 5.78 Å². The van der Waals surface area contributed by atoms with Crippen molar-refractivity contribution in [1.82, 2.24) is 15.3 Å². The van der Waals surface area contributed by atoms with Gasteiger partial charge in [0, 0.05) is 0 Å². The second kappa shape index (κ2) is 6.44. The van der Waals surface area contributed by atoms with Crippen LogP contribution in [0.2, 0.25) is 0 Å². The van der Waals surface area contributed by atoms with Gasteiger partial charge in [0.1, 0.15) is 0 Å². The molecule has 1 aromatic heterocycles. The lowest BCUT2D eigenvalue weighted by atomic mass is 10.1. The lowest BCUT2D eigenvalue weighted by molar-refractivity contribution is -0.137. The minimum atomic E-state index is -4.50. The molecule has 0 saturated heterocycles. The lowest BCUT2D eigenvalue weighted by Gasteiger charge is -2.10. The molecule has 0 atom stereocenters. The molecule has 0 aliphatic carbocycles. The number of aryl methyl sites for hydroxylation is 1. The molecule has 2 rings (SSSR count). The number of benzene rings is 1. The Morgan fingerprint density at radius 3 is 2.50 bits per heavy atom. The molecule has 1 amide bonds. The van der Waals surface area contributed by atoms with E-state index in [2.05, 4.69) is 9.94 Å². The first-order valence-corrected chi connectivity index (χ1v) is 6.78. The Hall–Kier alpha value is -2.68. The van der Waals surface area contributed by atoms with Gasteiger partial charge in [0.15, 0.2) is 0 Å². The van der Waals surface area contributed by atoms with Crippen LogP contribution < -0.4 is 5.48 Å². The number of hydrogen-bond donors (Lipinski definition) is 1. The highest BCUT2D eigenvalue weighted by Crippen LogP contribution is 2.30. The predicted molar refractivity (Wildman–Crippen MR) is 77.5 cm³/mol. The summed E-state index contributed by atoms with van der Waals surface area (Å²) in [5.74, 6) is -1.88. The Kier molecular flexibility index (Phi) is 4.74. The fourth-order valence-corrected chi connectivity index (χ4v) is 2.29. The smallest absolute Gasteiger partial charge is 0.283 e. The lowest BCUT2D eigenvalue weighted by Crippen LogP contribution is -2.30. The molecule has 1 heterocycles. The van der Waals surface area contributed by atoms with E-state index in [1.807, 2.05) is 5.48 Å². The number of nitrogens with zero attached hydrogens (tertiary/aromatic N) is 2. The zero-order chi connectivity index (χ0) is 18.1. The molecule has 2 aromatic rings. The van der Waals surface area contributed by atoms with E-state index in [1.54, 1.807) is 0 Å². The van der Waals surface area contributed by atoms with Crippen LogP contribution in [0, 0.1) is 13.8 Å². The fraction of sp³-hybridized carbons (Fsp3) is 0.267. The number of aromatic nitrogens is 2. The largest absolute Gasteiger partial charge is 0.416 e. The number of Topliss-reactive ketones (excluding diaryl/α,β-unsaturated/α-hetero) is 1. The van der Waals surface area contributed by atoms with Gasteiger partial charge >= 0.3 is 12.1 Å². The van der Waals surface area contributed by atoms with Gasteiger partial charge in [-0.25, -0.2) is 10.2 Å². The minimum Gasteiger partial charge on any atom is -0.283 e. The van der Waals surface area contributed by atoms with Crippen LogP contribution in [0.25, 0.3) is 5.69 Å². The molecular formula is C15H14F3N3O3. The Bertz CT molecular complexity index is 797. The third-order valence-electron chi connectivity index (χ3n) is 3.34. The van der Waals surface area contributed by atoms with Crippen molar-refractivity contribution >= 4 is 11.7 Å². The molecule has 24 heavy (non-hydrogen) atoms. The van der Waals surface area contributed by atoms with E-state index < -0.39 is 23.4 Å². The number of carbonyl (C=O) groups is 2. The number of alkyl halides is 3. The van der Waals surface area contributed by atoms with Gasteiger partial charge in [-0.15, -0.1) is 0 Å². The quantitative estimate of drug-likeness (QED) is 0.526. The van der Waals surface area contributed by atoms with Gasteiger partial charge in [0.2, 0.25) is 0 Å². The van der Waals surface area contributed by atoms with E-state index in [-0.39, 0.29) is 22.6 Å². The van der Waals surface area contributed by atoms with E-state index in [1.165, 1.54) is 37.8 Å². The van der Waals surface area contributed by atoms with Crippen LogP contribution in [0.3, 0.4) is 0 Å². The molecule has 1 N–H and O–H groups in total. The third kappa shape index (κ3) is 3.30. The summed E-state index contributed by atoms with van der Waals surface area (Å²) in [6.07, 6.45) is -4.50. The highest BCUT2D eigenvalue weighted by Gasteiger charge is 2.31. The number of rotatable bonds is 4. The van der Waals surface area contributed by atoms with E-state index in [4.69, 9.17) is 0 Å². The monoisotopic (exact) mass is 341 g/mol. The van der Waals surface area contributed by atoms with Crippen molar-refractivity contribution in [3.8, 4) is 5.69 Å². The van der Waals surface area contributed by atoms with Crippen molar-refractivity contribution in [3.63, 3.8) is 0 Å². The summed E-state index contributed by atoms with van der Waals surface area (Å²) in [6, 6.07) is 4.53. The zero-order valence-electron chi connectivity index (χ0n) is 13.1. The SMILES string of the molecule is CONC(=O)C(=O)c1c(C)nn(-c2cccc(C(F)(F)F)c2)c1C. The zero-order valence-corrected chi connectivity index (χ0v) is 13.1. The molecule has 128 valence electrons. The van der Waals surface area contributed by atoms with Crippen molar-refractivity contribution < 1.29 is 27.6 Å². The standard InChI is InChI=1S/C15H14F3N3O3/c1-8-12(13(22)14(23)20-24-3)9(2)21(19-8)11-6-4-5-10(7-11)15(16,17)18/h4-7H,1-3H3,(H,20,23). The highest BCUT2D eigenvalue weighted by molar-refractivity contribution is 6.43. The summed E-state index contributed by atoms with van der Waals surface area (Å²) in [5, 5.41) is 4.07. The number of halogens is 3. The van der Waals surface area contributed by atoms with Crippen molar-refractivity contribution in [2.45, 2.75) is 20.0 Å². The van der Waals surface area contributed by atoms with Gasteiger partial charge < -0.3 is 0 Å². The third-order valence-corrected chi connectivity index (χ3v) is 3.34. The van der Waals surface area contributed by atoms with E-state index in [0.29, 0.717) is 0 Å². The van der Waals surface area contributed by atoms with Gasteiger partial charge in [-0.1, -0.05) is 6.07 Å². The Morgan fingerprint density at radius 2 is 1.92 bits per heavy atom. The van der Waals surface area contributed by atoms with E-state index in [9.17, 15) is 22.8 Å². The van der Waals surface area contributed by atoms with Crippen LogP contribution in [0.1, 0.15) is 27.3 Å². The molecule has 0 unspecified atom stereocenters. The van der Waals surface area contributed by atoms with Gasteiger partial charge in [0.05, 0.1) is 35.3 Å². The number of carbonyl (C=O) groups excluding carboxylic acids is 2. The van der Waals surface area contributed by atoms with Crippen LogP contribution >= 0.6 is 0 Å². The average molecular weight is 341 g/mol. The maximum absolute atomic E-state index is 12.8. The minimum absolute atomic E-state index is 0.0157. The van der Waals surface area contributed by atoms with E-state index in [0.717, 1.165) is 12.1 Å². The molecule has 9 heteroatoms. The van der Waals surface area contributed by atoms with Crippen molar-refractivity contribution in [2.24, 2.45) is 0 Å². The van der Waals surface area contributed by atoms with Crippen molar-refractivity contribution in [3.05, 3.63) is 46.8 Å². The summed E-state index contributed by atoms with van der Waals surface area (Å²) < 4.78 is 39.7. The first kappa shape index (κ1) is 17.7. The first-order valence-electron chi connectivity index (χ1n) is 6.78. The summed E-state index contributed by atoms with van der Waals surface area (Å²) in [4.78, 5) is 28.1. The van der Waals surface area contributed by atoms with Crippen LogP contribution in [-0.2, 0) is 15.8 Å². The summed E-state index contributed by atoms with van der Waals surface area (Å²) in [5.41, 5.74) is 1.69. The number of hydroxylamine groups is 1. The molecule has 6 nitrogen and oxygen atoms in total. The first-order chi connectivity index (χ1) is 11.2. The molecule has 0 spiro atoms. The van der Waals surface area contributed by atoms with Crippen LogP contribution in [0.5, 0.6) is 0 Å².